The van der Waals surface area contributed by atoms with Crippen LogP contribution in [0.25, 0.3) is 0 Å². The zero-order valence-electron chi connectivity index (χ0n) is 13.9. The third-order valence-electron chi connectivity index (χ3n) is 5.37. The highest BCUT2D eigenvalue weighted by molar-refractivity contribution is 5.78. The molecule has 6 heteroatoms. The number of fused-ring (bicyclic) bond motifs is 1. The van der Waals surface area contributed by atoms with E-state index >= 15 is 0 Å². The van der Waals surface area contributed by atoms with E-state index in [1.165, 1.54) is 6.07 Å². The zero-order valence-corrected chi connectivity index (χ0v) is 13.9. The molecule has 1 fully saturated rings. The van der Waals surface area contributed by atoms with Gasteiger partial charge >= 0.3 is 6.03 Å². The predicted octanol–water partition coefficient (Wildman–Crippen LogP) is 2.36. The molecule has 0 unspecified atom stereocenters. The molecule has 1 aliphatic carbocycles. The average Bonchev–Trinajstić information content (AvgIpc) is 2.57. The normalized spacial score (nSPS) is 24.3. The van der Waals surface area contributed by atoms with Gasteiger partial charge in [-0.3, -0.25) is 4.79 Å². The zero-order chi connectivity index (χ0) is 17.3. The molecule has 1 aliphatic heterocycles. The fourth-order valence-electron chi connectivity index (χ4n) is 3.79. The third-order valence-corrected chi connectivity index (χ3v) is 5.37. The lowest BCUT2D eigenvalue weighted by Gasteiger charge is -2.36. The maximum atomic E-state index is 14.0. The molecule has 0 saturated carbocycles. The summed E-state index contributed by atoms with van der Waals surface area (Å²) < 4.78 is 14.0. The van der Waals surface area contributed by atoms with Gasteiger partial charge in [0.1, 0.15) is 5.82 Å². The van der Waals surface area contributed by atoms with Crippen LogP contribution in [-0.4, -0.2) is 29.9 Å². The van der Waals surface area contributed by atoms with E-state index in [4.69, 9.17) is 5.73 Å². The average molecular weight is 333 g/mol. The lowest BCUT2D eigenvalue weighted by molar-refractivity contribution is -0.123. The highest BCUT2D eigenvalue weighted by atomic mass is 19.1. The number of piperidine rings is 1. The lowest BCUT2D eigenvalue weighted by atomic mass is 9.80. The summed E-state index contributed by atoms with van der Waals surface area (Å²) in [5.41, 5.74) is 6.93. The molecular formula is C18H24FN3O2. The molecule has 3 amide bonds. The van der Waals surface area contributed by atoms with Gasteiger partial charge in [-0.05, 0) is 48.8 Å². The van der Waals surface area contributed by atoms with E-state index in [-0.39, 0.29) is 35.6 Å². The number of urea groups is 1. The number of primary amides is 1. The Morgan fingerprint density at radius 2 is 1.96 bits per heavy atom. The van der Waals surface area contributed by atoms with E-state index < -0.39 is 0 Å². The second-order valence-electron chi connectivity index (χ2n) is 6.91. The molecule has 1 aromatic carbocycles. The first kappa shape index (κ1) is 16.7. The van der Waals surface area contributed by atoms with Crippen LogP contribution in [0, 0.1) is 17.7 Å². The van der Waals surface area contributed by atoms with Crippen LogP contribution in [0.2, 0.25) is 0 Å². The largest absolute Gasteiger partial charge is 0.369 e. The van der Waals surface area contributed by atoms with E-state index in [9.17, 15) is 14.0 Å². The van der Waals surface area contributed by atoms with Crippen molar-refractivity contribution >= 4 is 11.9 Å². The Morgan fingerprint density at radius 1 is 1.25 bits per heavy atom. The topological polar surface area (TPSA) is 75.4 Å². The third kappa shape index (κ3) is 3.23. The maximum Gasteiger partial charge on any atom is 0.317 e. The summed E-state index contributed by atoms with van der Waals surface area (Å²) in [4.78, 5) is 25.5. The summed E-state index contributed by atoms with van der Waals surface area (Å²) in [6.07, 6.45) is 2.77. The van der Waals surface area contributed by atoms with Gasteiger partial charge in [0, 0.05) is 19.0 Å². The van der Waals surface area contributed by atoms with Crippen LogP contribution in [0.3, 0.4) is 0 Å². The monoisotopic (exact) mass is 333 g/mol. The first-order valence-corrected chi connectivity index (χ1v) is 8.59. The fraction of sp³-hybridized carbons (Fsp3) is 0.556. The maximum absolute atomic E-state index is 14.0. The molecule has 0 aromatic heterocycles. The molecule has 5 nitrogen and oxygen atoms in total. The van der Waals surface area contributed by atoms with E-state index in [1.807, 2.05) is 6.07 Å². The smallest absolute Gasteiger partial charge is 0.317 e. The van der Waals surface area contributed by atoms with Crippen molar-refractivity contribution in [2.75, 3.05) is 13.1 Å². The van der Waals surface area contributed by atoms with E-state index in [1.54, 1.807) is 11.0 Å². The minimum Gasteiger partial charge on any atom is -0.369 e. The number of nitrogens with two attached hydrogens (primary N) is 1. The van der Waals surface area contributed by atoms with Gasteiger partial charge < -0.3 is 16.0 Å². The van der Waals surface area contributed by atoms with Crippen LogP contribution >= 0.6 is 0 Å². The number of amides is 3. The highest BCUT2D eigenvalue weighted by Crippen LogP contribution is 2.35. The Bertz CT molecular complexity index is 641. The van der Waals surface area contributed by atoms with Gasteiger partial charge in [-0.25, -0.2) is 9.18 Å². The van der Waals surface area contributed by atoms with Gasteiger partial charge in [0.25, 0.3) is 0 Å². The fourth-order valence-corrected chi connectivity index (χ4v) is 3.79. The van der Waals surface area contributed by atoms with E-state index in [0.717, 1.165) is 12.0 Å². The van der Waals surface area contributed by atoms with Crippen molar-refractivity contribution in [1.29, 1.82) is 0 Å². The molecule has 0 bridgehead atoms. The number of hydrogen-bond acceptors (Lipinski definition) is 2. The number of likely N-dealkylation sites (tertiary alicyclic amines) is 1. The summed E-state index contributed by atoms with van der Waals surface area (Å²) >= 11 is 0. The molecule has 0 radical (unpaired) electrons. The molecule has 24 heavy (non-hydrogen) atoms. The Balaban J connectivity index is 1.69. The van der Waals surface area contributed by atoms with Gasteiger partial charge in [0.2, 0.25) is 5.91 Å². The van der Waals surface area contributed by atoms with Crippen molar-refractivity contribution in [3.05, 3.63) is 35.1 Å². The Hall–Kier alpha value is -2.11. The van der Waals surface area contributed by atoms with Gasteiger partial charge in [-0.15, -0.1) is 0 Å². The van der Waals surface area contributed by atoms with E-state index in [2.05, 4.69) is 12.2 Å². The minimum atomic E-state index is -0.291. The molecule has 0 spiro atoms. The standard InChI is InChI=1S/C18H24FN3O2/c1-11-5-6-13-14(3-2-4-15(13)19)16(11)21-18(24)22-9-7-12(8-10-22)17(20)23/h2-4,11-12,16H,5-10H2,1H3,(H2,20,23)(H,21,24)/t11-,16+/m1/s1. The first-order valence-electron chi connectivity index (χ1n) is 8.59. The number of benzene rings is 1. The SMILES string of the molecule is C[C@@H]1CCc2c(F)cccc2[C@H]1NC(=O)N1CCC(C(N)=O)CC1. The van der Waals surface area contributed by atoms with Crippen molar-refractivity contribution < 1.29 is 14.0 Å². The van der Waals surface area contributed by atoms with Crippen molar-refractivity contribution in [2.24, 2.45) is 17.6 Å². The number of rotatable bonds is 2. The van der Waals surface area contributed by atoms with Crippen molar-refractivity contribution in [3.63, 3.8) is 0 Å². The van der Waals surface area contributed by atoms with Crippen LogP contribution in [0.4, 0.5) is 9.18 Å². The van der Waals surface area contributed by atoms with E-state index in [0.29, 0.717) is 37.9 Å². The molecule has 2 aliphatic rings. The summed E-state index contributed by atoms with van der Waals surface area (Å²) in [5.74, 6) is -0.370. The quantitative estimate of drug-likeness (QED) is 0.872. The van der Waals surface area contributed by atoms with Crippen molar-refractivity contribution in [2.45, 2.75) is 38.6 Å². The number of carbonyl (C=O) groups is 2. The van der Waals surface area contributed by atoms with Crippen LogP contribution < -0.4 is 11.1 Å². The first-order chi connectivity index (χ1) is 11.5. The summed E-state index contributed by atoms with van der Waals surface area (Å²) in [5, 5.41) is 3.07. The lowest BCUT2D eigenvalue weighted by Crippen LogP contribution is -2.48. The number of hydrogen-bond donors (Lipinski definition) is 2. The van der Waals surface area contributed by atoms with Crippen LogP contribution in [-0.2, 0) is 11.2 Å². The number of nitrogens with one attached hydrogen (secondary N) is 1. The van der Waals surface area contributed by atoms with Gasteiger partial charge in [-0.1, -0.05) is 19.1 Å². The van der Waals surface area contributed by atoms with Crippen LogP contribution in [0.1, 0.15) is 43.4 Å². The Morgan fingerprint density at radius 3 is 2.62 bits per heavy atom. The van der Waals surface area contributed by atoms with Crippen molar-refractivity contribution in [1.82, 2.24) is 10.2 Å². The van der Waals surface area contributed by atoms with Crippen molar-refractivity contribution in [3.8, 4) is 0 Å². The minimum absolute atomic E-state index is 0.141. The second kappa shape index (κ2) is 6.79. The number of nitrogens with zero attached hydrogens (tertiary/aromatic N) is 1. The van der Waals surface area contributed by atoms with Gasteiger partial charge in [-0.2, -0.15) is 0 Å². The Kier molecular flexibility index (Phi) is 4.73. The number of halogens is 1. The summed E-state index contributed by atoms with van der Waals surface area (Å²) in [6, 6.07) is 4.75. The summed E-state index contributed by atoms with van der Waals surface area (Å²) in [7, 11) is 0. The van der Waals surface area contributed by atoms with Crippen LogP contribution in [0.15, 0.2) is 18.2 Å². The molecule has 1 saturated heterocycles. The molecule has 2 atom stereocenters. The molecule has 1 aromatic rings. The molecule has 3 N–H and O–H groups in total. The predicted molar refractivity (Wildman–Crippen MR) is 88.6 cm³/mol. The highest BCUT2D eigenvalue weighted by Gasteiger charge is 2.32. The molecular weight excluding hydrogens is 309 g/mol. The molecule has 130 valence electrons. The molecule has 1 heterocycles. The van der Waals surface area contributed by atoms with Gasteiger partial charge in [0.05, 0.1) is 6.04 Å². The van der Waals surface area contributed by atoms with Crippen LogP contribution in [0.5, 0.6) is 0 Å². The number of carbonyl (C=O) groups excluding carboxylic acids is 2. The molecule has 3 rings (SSSR count). The van der Waals surface area contributed by atoms with Gasteiger partial charge in [0.15, 0.2) is 0 Å². The summed E-state index contributed by atoms with van der Waals surface area (Å²) in [6.45, 7) is 3.13. The Labute approximate surface area is 141 Å². The second-order valence-corrected chi connectivity index (χ2v) is 6.91.